The Morgan fingerprint density at radius 1 is 1.26 bits per heavy atom. The van der Waals surface area contributed by atoms with Gasteiger partial charge in [-0.15, -0.1) is 0 Å². The maximum Gasteiger partial charge on any atom is 0.218 e. The third kappa shape index (κ3) is 3.60. The molecular weight excluding hydrogens is 312 g/mol. The molecule has 2 aliphatic rings. The summed E-state index contributed by atoms with van der Waals surface area (Å²) in [6, 6.07) is 9.43. The largest absolute Gasteiger partial charge is 0.384 e. The van der Waals surface area contributed by atoms with Crippen molar-refractivity contribution in [1.82, 2.24) is 9.62 Å². The quantitative estimate of drug-likeness (QED) is 0.883. The Kier molecular flexibility index (Phi) is 5.06. The minimum Gasteiger partial charge on any atom is -0.384 e. The number of piperidine rings is 1. The van der Waals surface area contributed by atoms with Gasteiger partial charge in [-0.1, -0.05) is 30.3 Å². The molecule has 128 valence electrons. The molecule has 1 unspecified atom stereocenters. The molecule has 0 radical (unpaired) electrons. The molecule has 0 bridgehead atoms. The summed E-state index contributed by atoms with van der Waals surface area (Å²) in [4.78, 5) is 0. The van der Waals surface area contributed by atoms with Crippen LogP contribution in [0.3, 0.4) is 0 Å². The van der Waals surface area contributed by atoms with E-state index in [-0.39, 0.29) is 11.2 Å². The van der Waals surface area contributed by atoms with Gasteiger partial charge >= 0.3 is 0 Å². The van der Waals surface area contributed by atoms with Gasteiger partial charge in [-0.25, -0.2) is 12.7 Å². The number of hydrogen-bond acceptors (Lipinski definition) is 4. The summed E-state index contributed by atoms with van der Waals surface area (Å²) in [5.41, 5.74) is 0.924. The zero-order valence-corrected chi connectivity index (χ0v) is 14.5. The number of methoxy groups -OCH3 is 1. The van der Waals surface area contributed by atoms with Gasteiger partial charge in [0, 0.05) is 26.1 Å². The molecule has 3 rings (SSSR count). The van der Waals surface area contributed by atoms with Crippen molar-refractivity contribution in [1.29, 1.82) is 0 Å². The monoisotopic (exact) mass is 338 g/mol. The van der Waals surface area contributed by atoms with E-state index in [9.17, 15) is 8.42 Å². The van der Waals surface area contributed by atoms with Crippen molar-refractivity contribution >= 4 is 10.0 Å². The first-order chi connectivity index (χ1) is 11.1. The second-order valence-corrected chi connectivity index (χ2v) is 8.77. The van der Waals surface area contributed by atoms with E-state index in [0.29, 0.717) is 25.6 Å². The maximum absolute atomic E-state index is 12.8. The van der Waals surface area contributed by atoms with E-state index in [4.69, 9.17) is 4.74 Å². The van der Waals surface area contributed by atoms with Crippen LogP contribution in [0.4, 0.5) is 0 Å². The number of rotatable bonds is 5. The normalized spacial score (nSPS) is 25.0. The maximum atomic E-state index is 12.8. The third-order valence-electron chi connectivity index (χ3n) is 5.33. The highest BCUT2D eigenvalue weighted by Gasteiger charge is 2.49. The molecular formula is C17H26N2O3S. The minimum atomic E-state index is -3.28. The summed E-state index contributed by atoms with van der Waals surface area (Å²) in [6.07, 6.45) is 2.05. The zero-order chi connectivity index (χ0) is 16.3. The SMILES string of the molecule is COCC1CN(S(=O)(=O)Cc2ccccc2)CC12CCNCC2. The average Bonchev–Trinajstić information content (AvgIpc) is 2.88. The van der Waals surface area contributed by atoms with Gasteiger partial charge in [-0.2, -0.15) is 0 Å². The second-order valence-electron chi connectivity index (χ2n) is 6.80. The fourth-order valence-corrected chi connectivity index (χ4v) is 5.65. The summed E-state index contributed by atoms with van der Waals surface area (Å²) in [5, 5.41) is 3.38. The van der Waals surface area contributed by atoms with Gasteiger partial charge in [0.2, 0.25) is 10.0 Å². The number of sulfonamides is 1. The van der Waals surface area contributed by atoms with E-state index in [1.165, 1.54) is 0 Å². The fraction of sp³-hybridized carbons (Fsp3) is 0.647. The Hall–Kier alpha value is -0.950. The number of hydrogen-bond donors (Lipinski definition) is 1. The number of nitrogens with zero attached hydrogens (tertiary/aromatic N) is 1. The Bertz CT molecular complexity index is 612. The minimum absolute atomic E-state index is 0.0744. The van der Waals surface area contributed by atoms with Gasteiger partial charge in [0.05, 0.1) is 12.4 Å². The van der Waals surface area contributed by atoms with Crippen molar-refractivity contribution in [2.45, 2.75) is 18.6 Å². The second kappa shape index (κ2) is 6.89. The third-order valence-corrected chi connectivity index (χ3v) is 7.10. The molecule has 1 aromatic rings. The van der Waals surface area contributed by atoms with Crippen LogP contribution in [-0.4, -0.2) is 52.6 Å². The molecule has 0 saturated carbocycles. The molecule has 6 heteroatoms. The molecule has 0 aliphatic carbocycles. The Morgan fingerprint density at radius 3 is 2.61 bits per heavy atom. The predicted octanol–water partition coefficient (Wildman–Crippen LogP) is 1.46. The van der Waals surface area contributed by atoms with Crippen LogP contribution in [0.15, 0.2) is 30.3 Å². The summed E-state index contributed by atoms with van der Waals surface area (Å²) in [7, 11) is -1.58. The summed E-state index contributed by atoms with van der Waals surface area (Å²) >= 11 is 0. The van der Waals surface area contributed by atoms with Crippen LogP contribution >= 0.6 is 0 Å². The Balaban J connectivity index is 1.77. The van der Waals surface area contributed by atoms with Crippen LogP contribution < -0.4 is 5.32 Å². The molecule has 1 atom stereocenters. The molecule has 2 heterocycles. The van der Waals surface area contributed by atoms with Crippen molar-refractivity contribution in [3.63, 3.8) is 0 Å². The van der Waals surface area contributed by atoms with E-state index in [1.54, 1.807) is 11.4 Å². The first-order valence-corrected chi connectivity index (χ1v) is 9.88. The zero-order valence-electron chi connectivity index (χ0n) is 13.7. The summed E-state index contributed by atoms with van der Waals surface area (Å²) in [6.45, 7) is 3.79. The van der Waals surface area contributed by atoms with Gasteiger partial charge in [-0.3, -0.25) is 0 Å². The van der Waals surface area contributed by atoms with Gasteiger partial charge < -0.3 is 10.1 Å². The van der Waals surface area contributed by atoms with E-state index in [0.717, 1.165) is 31.5 Å². The molecule has 5 nitrogen and oxygen atoms in total. The fourth-order valence-electron chi connectivity index (χ4n) is 3.99. The molecule has 0 aromatic heterocycles. The van der Waals surface area contributed by atoms with Crippen LogP contribution in [0, 0.1) is 11.3 Å². The molecule has 23 heavy (non-hydrogen) atoms. The number of nitrogens with one attached hydrogen (secondary N) is 1. The van der Waals surface area contributed by atoms with Gasteiger partial charge in [-0.05, 0) is 36.9 Å². The van der Waals surface area contributed by atoms with Crippen LogP contribution in [0.2, 0.25) is 0 Å². The molecule has 2 aliphatic heterocycles. The summed E-state index contributed by atoms with van der Waals surface area (Å²) in [5.74, 6) is 0.377. The molecule has 2 fully saturated rings. The van der Waals surface area contributed by atoms with Crippen molar-refractivity contribution in [3.8, 4) is 0 Å². The van der Waals surface area contributed by atoms with Gasteiger partial charge in [0.25, 0.3) is 0 Å². The molecule has 1 N–H and O–H groups in total. The molecule has 0 amide bonds. The lowest BCUT2D eigenvalue weighted by atomic mass is 9.71. The van der Waals surface area contributed by atoms with E-state index in [1.807, 2.05) is 30.3 Å². The van der Waals surface area contributed by atoms with Crippen molar-refractivity contribution in [2.75, 3.05) is 39.9 Å². The highest BCUT2D eigenvalue weighted by Crippen LogP contribution is 2.44. The van der Waals surface area contributed by atoms with E-state index >= 15 is 0 Å². The van der Waals surface area contributed by atoms with Gasteiger partial charge in [0.15, 0.2) is 0 Å². The highest BCUT2D eigenvalue weighted by molar-refractivity contribution is 7.88. The van der Waals surface area contributed by atoms with Crippen LogP contribution in [0.5, 0.6) is 0 Å². The lowest BCUT2D eigenvalue weighted by molar-refractivity contribution is 0.0718. The van der Waals surface area contributed by atoms with Crippen molar-refractivity contribution in [2.24, 2.45) is 11.3 Å². The molecule has 1 aromatic carbocycles. The van der Waals surface area contributed by atoms with E-state index in [2.05, 4.69) is 5.32 Å². The first-order valence-electron chi connectivity index (χ1n) is 8.27. The standard InChI is InChI=1S/C17H26N2O3S/c1-22-12-16-11-19(14-17(16)7-9-18-10-8-17)23(20,21)13-15-5-3-2-4-6-15/h2-6,16,18H,7-14H2,1H3. The number of ether oxygens (including phenoxy) is 1. The topological polar surface area (TPSA) is 58.6 Å². The van der Waals surface area contributed by atoms with Crippen LogP contribution in [0.25, 0.3) is 0 Å². The van der Waals surface area contributed by atoms with Crippen LogP contribution in [-0.2, 0) is 20.5 Å². The van der Waals surface area contributed by atoms with Gasteiger partial charge in [0.1, 0.15) is 0 Å². The van der Waals surface area contributed by atoms with Crippen LogP contribution in [0.1, 0.15) is 18.4 Å². The molecule has 2 saturated heterocycles. The molecule has 1 spiro atoms. The first kappa shape index (κ1) is 16.9. The van der Waals surface area contributed by atoms with Crippen molar-refractivity contribution in [3.05, 3.63) is 35.9 Å². The van der Waals surface area contributed by atoms with E-state index < -0.39 is 10.0 Å². The Labute approximate surface area is 139 Å². The average molecular weight is 338 g/mol. The Morgan fingerprint density at radius 2 is 1.96 bits per heavy atom. The smallest absolute Gasteiger partial charge is 0.218 e. The lowest BCUT2D eigenvalue weighted by Crippen LogP contribution is -2.43. The summed E-state index contributed by atoms with van der Waals surface area (Å²) < 4.78 is 32.8. The van der Waals surface area contributed by atoms with Crippen molar-refractivity contribution < 1.29 is 13.2 Å². The highest BCUT2D eigenvalue weighted by atomic mass is 32.2. The predicted molar refractivity (Wildman–Crippen MR) is 90.5 cm³/mol. The number of benzene rings is 1. The lowest BCUT2D eigenvalue weighted by Gasteiger charge is -2.38.